The lowest BCUT2D eigenvalue weighted by molar-refractivity contribution is 0.0930. The summed E-state index contributed by atoms with van der Waals surface area (Å²) in [6.45, 7) is 3.56. The van der Waals surface area contributed by atoms with Crippen LogP contribution in [0.4, 0.5) is 0 Å². The lowest BCUT2D eigenvalue weighted by atomic mass is 10.1. The minimum atomic E-state index is -0.435. The average Bonchev–Trinajstić information content (AvgIpc) is 3.31. The van der Waals surface area contributed by atoms with Gasteiger partial charge in [-0.1, -0.05) is 17.7 Å². The standard InChI is InChI=1S/C19H16ClN5O3/c1-11(22-18(27)17-10-28-19(23-17)12(2)26)9-25-6-5-16(24-25)13-3-4-14(8-21)15(20)7-13/h3-7,10-11H,9H2,1-2H3,(H,22,27). The van der Waals surface area contributed by atoms with Crippen molar-refractivity contribution >= 4 is 23.3 Å². The summed E-state index contributed by atoms with van der Waals surface area (Å²) in [5.74, 6) is -0.885. The number of carbonyl (C=O) groups is 2. The second-order valence-corrected chi connectivity index (χ2v) is 6.61. The average molecular weight is 398 g/mol. The molecule has 8 nitrogen and oxygen atoms in total. The molecule has 0 radical (unpaired) electrons. The van der Waals surface area contributed by atoms with Crippen LogP contribution < -0.4 is 5.32 Å². The zero-order valence-corrected chi connectivity index (χ0v) is 15.9. The van der Waals surface area contributed by atoms with Gasteiger partial charge in [-0.3, -0.25) is 14.3 Å². The first kappa shape index (κ1) is 19.3. The molecule has 0 aliphatic rings. The van der Waals surface area contributed by atoms with E-state index in [4.69, 9.17) is 21.3 Å². The Morgan fingerprint density at radius 2 is 2.18 bits per heavy atom. The third-order valence-corrected chi connectivity index (χ3v) is 4.22. The highest BCUT2D eigenvalue weighted by molar-refractivity contribution is 6.32. The number of hydrogen-bond acceptors (Lipinski definition) is 6. The summed E-state index contributed by atoms with van der Waals surface area (Å²) in [5, 5.41) is 16.6. The Morgan fingerprint density at radius 3 is 2.82 bits per heavy atom. The number of amides is 1. The minimum absolute atomic E-state index is 0.0467. The van der Waals surface area contributed by atoms with Crippen molar-refractivity contribution < 1.29 is 14.0 Å². The maximum Gasteiger partial charge on any atom is 0.273 e. The van der Waals surface area contributed by atoms with Crippen molar-refractivity contribution in [2.75, 3.05) is 0 Å². The highest BCUT2D eigenvalue weighted by Crippen LogP contribution is 2.24. The molecule has 1 unspecified atom stereocenters. The molecule has 142 valence electrons. The number of rotatable bonds is 6. The number of hydrogen-bond donors (Lipinski definition) is 1. The van der Waals surface area contributed by atoms with Gasteiger partial charge in [0.05, 0.1) is 22.8 Å². The molecule has 9 heteroatoms. The molecule has 28 heavy (non-hydrogen) atoms. The van der Waals surface area contributed by atoms with Gasteiger partial charge in [-0.05, 0) is 25.1 Å². The number of oxazole rings is 1. The van der Waals surface area contributed by atoms with Crippen LogP contribution in [0.15, 0.2) is 41.1 Å². The van der Waals surface area contributed by atoms with E-state index in [1.807, 2.05) is 19.1 Å². The highest BCUT2D eigenvalue weighted by Gasteiger charge is 2.17. The van der Waals surface area contributed by atoms with Crippen molar-refractivity contribution in [1.82, 2.24) is 20.1 Å². The Hall–Kier alpha value is -3.44. The van der Waals surface area contributed by atoms with Crippen LogP contribution >= 0.6 is 11.6 Å². The van der Waals surface area contributed by atoms with Crippen molar-refractivity contribution in [3.8, 4) is 17.3 Å². The van der Waals surface area contributed by atoms with E-state index in [-0.39, 0.29) is 23.4 Å². The molecule has 0 saturated carbocycles. The van der Waals surface area contributed by atoms with Crippen molar-refractivity contribution in [1.29, 1.82) is 5.26 Å². The van der Waals surface area contributed by atoms with E-state index in [2.05, 4.69) is 15.4 Å². The number of Topliss-reactive ketones (excluding diaryl/α,β-unsaturated/α-hetero) is 1. The fraction of sp³-hybridized carbons (Fsp3) is 0.211. The largest absolute Gasteiger partial charge is 0.441 e. The molecule has 0 saturated heterocycles. The Balaban J connectivity index is 1.64. The summed E-state index contributed by atoms with van der Waals surface area (Å²) in [5.41, 5.74) is 1.94. The number of ketones is 1. The number of nitriles is 1. The molecule has 1 aromatic carbocycles. The third kappa shape index (κ3) is 4.27. The first-order chi connectivity index (χ1) is 13.4. The molecule has 0 aliphatic heterocycles. The van der Waals surface area contributed by atoms with Crippen molar-refractivity contribution in [2.45, 2.75) is 26.4 Å². The van der Waals surface area contributed by atoms with Crippen molar-refractivity contribution in [3.05, 3.63) is 58.9 Å². The number of nitrogens with one attached hydrogen (secondary N) is 1. The Labute approximate surface area is 165 Å². The van der Waals surface area contributed by atoms with Gasteiger partial charge in [-0.2, -0.15) is 10.4 Å². The predicted molar refractivity (Wildman–Crippen MR) is 101 cm³/mol. The number of benzene rings is 1. The van der Waals surface area contributed by atoms with Gasteiger partial charge in [0.2, 0.25) is 5.78 Å². The van der Waals surface area contributed by atoms with E-state index in [9.17, 15) is 9.59 Å². The molecule has 1 amide bonds. The van der Waals surface area contributed by atoms with Crippen LogP contribution in [0, 0.1) is 11.3 Å². The number of carbonyl (C=O) groups excluding carboxylic acids is 2. The number of aromatic nitrogens is 3. The van der Waals surface area contributed by atoms with Gasteiger partial charge in [-0.15, -0.1) is 0 Å². The second kappa shape index (κ2) is 8.06. The Morgan fingerprint density at radius 1 is 1.39 bits per heavy atom. The van der Waals surface area contributed by atoms with Gasteiger partial charge in [0.15, 0.2) is 5.69 Å². The molecular weight excluding hydrogens is 382 g/mol. The van der Waals surface area contributed by atoms with E-state index < -0.39 is 5.91 Å². The lowest BCUT2D eigenvalue weighted by Crippen LogP contribution is -2.36. The summed E-state index contributed by atoms with van der Waals surface area (Å²) in [7, 11) is 0. The van der Waals surface area contributed by atoms with Gasteiger partial charge in [0.1, 0.15) is 12.3 Å². The van der Waals surface area contributed by atoms with Gasteiger partial charge in [0, 0.05) is 24.7 Å². The Bertz CT molecular complexity index is 1080. The van der Waals surface area contributed by atoms with E-state index in [1.54, 1.807) is 29.1 Å². The fourth-order valence-electron chi connectivity index (χ4n) is 2.55. The topological polar surface area (TPSA) is 114 Å². The summed E-state index contributed by atoms with van der Waals surface area (Å²) in [4.78, 5) is 27.2. The van der Waals surface area contributed by atoms with Gasteiger partial charge in [0.25, 0.3) is 11.8 Å². The first-order valence-corrected chi connectivity index (χ1v) is 8.76. The van der Waals surface area contributed by atoms with Gasteiger partial charge < -0.3 is 9.73 Å². The van der Waals surface area contributed by atoms with Gasteiger partial charge >= 0.3 is 0 Å². The lowest BCUT2D eigenvalue weighted by Gasteiger charge is -2.12. The van der Waals surface area contributed by atoms with Crippen LogP contribution in [0.1, 0.15) is 40.6 Å². The van der Waals surface area contributed by atoms with Crippen molar-refractivity contribution in [2.24, 2.45) is 0 Å². The zero-order chi connectivity index (χ0) is 20.3. The van der Waals surface area contributed by atoms with Crippen molar-refractivity contribution in [3.63, 3.8) is 0 Å². The molecule has 0 spiro atoms. The van der Waals surface area contributed by atoms with E-state index in [0.717, 1.165) is 11.8 Å². The monoisotopic (exact) mass is 397 g/mol. The normalized spacial score (nSPS) is 11.6. The maximum absolute atomic E-state index is 12.2. The molecule has 1 atom stereocenters. The highest BCUT2D eigenvalue weighted by atomic mass is 35.5. The quantitative estimate of drug-likeness (QED) is 0.639. The molecule has 1 N–H and O–H groups in total. The van der Waals surface area contributed by atoms with Crippen LogP contribution in [0.2, 0.25) is 5.02 Å². The van der Waals surface area contributed by atoms with Crippen LogP contribution in [0.25, 0.3) is 11.3 Å². The summed E-state index contributed by atoms with van der Waals surface area (Å²) >= 11 is 6.07. The zero-order valence-electron chi connectivity index (χ0n) is 15.1. The van der Waals surface area contributed by atoms with E-state index in [0.29, 0.717) is 22.8 Å². The number of halogens is 1. The van der Waals surface area contributed by atoms with Crippen LogP contribution in [0.5, 0.6) is 0 Å². The first-order valence-electron chi connectivity index (χ1n) is 8.38. The summed E-state index contributed by atoms with van der Waals surface area (Å²) in [6, 6.07) is 8.70. The molecule has 0 aliphatic carbocycles. The van der Waals surface area contributed by atoms with Crippen LogP contribution in [-0.4, -0.2) is 32.5 Å². The second-order valence-electron chi connectivity index (χ2n) is 6.20. The van der Waals surface area contributed by atoms with E-state index in [1.165, 1.54) is 6.92 Å². The van der Waals surface area contributed by atoms with Crippen LogP contribution in [0.3, 0.4) is 0 Å². The smallest absolute Gasteiger partial charge is 0.273 e. The Kier molecular flexibility index (Phi) is 5.57. The molecular formula is C19H16ClN5O3. The van der Waals surface area contributed by atoms with E-state index >= 15 is 0 Å². The minimum Gasteiger partial charge on any atom is -0.441 e. The van der Waals surface area contributed by atoms with Gasteiger partial charge in [-0.25, -0.2) is 4.98 Å². The molecule has 3 rings (SSSR count). The molecule has 3 aromatic rings. The SMILES string of the molecule is CC(=O)c1nc(C(=O)NC(C)Cn2ccc(-c3ccc(C#N)c(Cl)c3)n2)co1. The molecule has 0 bridgehead atoms. The third-order valence-electron chi connectivity index (χ3n) is 3.90. The maximum atomic E-state index is 12.2. The fourth-order valence-corrected chi connectivity index (χ4v) is 2.77. The number of nitrogens with zero attached hydrogens (tertiary/aromatic N) is 4. The molecule has 2 aromatic heterocycles. The molecule has 0 fully saturated rings. The van der Waals surface area contributed by atoms with Crippen LogP contribution in [-0.2, 0) is 6.54 Å². The summed E-state index contributed by atoms with van der Waals surface area (Å²) < 4.78 is 6.65. The molecule has 2 heterocycles. The predicted octanol–water partition coefficient (Wildman–Crippen LogP) is 3.08. The summed E-state index contributed by atoms with van der Waals surface area (Å²) in [6.07, 6.45) is 2.94.